The van der Waals surface area contributed by atoms with Gasteiger partial charge >= 0.3 is 0 Å². The molecule has 0 bridgehead atoms. The molecule has 0 spiro atoms. The lowest BCUT2D eigenvalue weighted by Gasteiger charge is -2.05. The van der Waals surface area contributed by atoms with Crippen LogP contribution in [0.1, 0.15) is 17.3 Å². The van der Waals surface area contributed by atoms with E-state index in [1.165, 1.54) is 11.8 Å². The summed E-state index contributed by atoms with van der Waals surface area (Å²) in [6.07, 6.45) is 0. The van der Waals surface area contributed by atoms with Crippen LogP contribution in [0.2, 0.25) is 5.02 Å². The van der Waals surface area contributed by atoms with Crippen LogP contribution >= 0.6 is 23.4 Å². The second-order valence-corrected chi connectivity index (χ2v) is 7.27. The molecule has 0 unspecified atom stereocenters. The molecule has 1 N–H and O–H groups in total. The standard InChI is InChI=1S/C19H16ClN5O2S/c1-12-9-14(7-8-15(12)20)26-10-16-21-19(25-22-16)28-11-17-23-24-18(27-17)13-5-3-2-4-6-13/h2-9H,10-11H2,1H3,(H,21,22,25). The highest BCUT2D eigenvalue weighted by atomic mass is 35.5. The van der Waals surface area contributed by atoms with E-state index in [4.69, 9.17) is 20.8 Å². The number of halogens is 1. The normalized spacial score (nSPS) is 10.9. The molecule has 0 fully saturated rings. The first-order valence-electron chi connectivity index (χ1n) is 8.48. The van der Waals surface area contributed by atoms with Crippen LogP contribution < -0.4 is 4.74 Å². The van der Waals surface area contributed by atoms with Crippen LogP contribution in [0.3, 0.4) is 0 Å². The summed E-state index contributed by atoms with van der Waals surface area (Å²) in [4.78, 5) is 4.40. The third-order valence-electron chi connectivity index (χ3n) is 3.83. The fourth-order valence-electron chi connectivity index (χ4n) is 2.40. The zero-order valence-corrected chi connectivity index (χ0v) is 16.5. The molecular weight excluding hydrogens is 398 g/mol. The minimum Gasteiger partial charge on any atom is -0.486 e. The predicted molar refractivity (Wildman–Crippen MR) is 106 cm³/mol. The fraction of sp³-hybridized carbons (Fsp3) is 0.158. The summed E-state index contributed by atoms with van der Waals surface area (Å²) in [6.45, 7) is 2.21. The lowest BCUT2D eigenvalue weighted by molar-refractivity contribution is 0.296. The topological polar surface area (TPSA) is 89.7 Å². The van der Waals surface area contributed by atoms with Crippen molar-refractivity contribution in [2.45, 2.75) is 24.4 Å². The van der Waals surface area contributed by atoms with Crippen molar-refractivity contribution in [2.75, 3.05) is 0 Å². The summed E-state index contributed by atoms with van der Waals surface area (Å²) in [7, 11) is 0. The van der Waals surface area contributed by atoms with Gasteiger partial charge in [-0.1, -0.05) is 41.6 Å². The van der Waals surface area contributed by atoms with Crippen LogP contribution in [0, 0.1) is 6.92 Å². The number of thioether (sulfide) groups is 1. The summed E-state index contributed by atoms with van der Waals surface area (Å²) >= 11 is 7.42. The van der Waals surface area contributed by atoms with Gasteiger partial charge in [-0.3, -0.25) is 5.10 Å². The van der Waals surface area contributed by atoms with Crippen LogP contribution in [0.4, 0.5) is 0 Å². The Balaban J connectivity index is 1.31. The van der Waals surface area contributed by atoms with Gasteiger partial charge in [0.25, 0.3) is 0 Å². The molecule has 9 heteroatoms. The molecule has 7 nitrogen and oxygen atoms in total. The van der Waals surface area contributed by atoms with E-state index in [1.54, 1.807) is 0 Å². The maximum absolute atomic E-state index is 6.02. The average molecular weight is 414 g/mol. The average Bonchev–Trinajstić information content (AvgIpc) is 3.37. The van der Waals surface area contributed by atoms with E-state index in [2.05, 4.69) is 25.4 Å². The molecule has 0 radical (unpaired) electrons. The Morgan fingerprint density at radius 3 is 2.82 bits per heavy atom. The zero-order chi connectivity index (χ0) is 19.3. The summed E-state index contributed by atoms with van der Waals surface area (Å²) in [6, 6.07) is 15.2. The van der Waals surface area contributed by atoms with Gasteiger partial charge in [-0.2, -0.15) is 0 Å². The zero-order valence-electron chi connectivity index (χ0n) is 14.9. The molecule has 142 valence electrons. The Morgan fingerprint density at radius 1 is 1.14 bits per heavy atom. The van der Waals surface area contributed by atoms with Crippen molar-refractivity contribution in [2.24, 2.45) is 0 Å². The van der Waals surface area contributed by atoms with E-state index in [0.717, 1.165) is 16.9 Å². The van der Waals surface area contributed by atoms with E-state index in [-0.39, 0.29) is 6.61 Å². The second-order valence-electron chi connectivity index (χ2n) is 5.92. The first kappa shape index (κ1) is 18.5. The van der Waals surface area contributed by atoms with Gasteiger partial charge in [0.15, 0.2) is 5.82 Å². The number of nitrogens with one attached hydrogen (secondary N) is 1. The van der Waals surface area contributed by atoms with Crippen molar-refractivity contribution < 1.29 is 9.15 Å². The van der Waals surface area contributed by atoms with Gasteiger partial charge in [-0.05, 0) is 42.8 Å². The highest BCUT2D eigenvalue weighted by Crippen LogP contribution is 2.23. The molecule has 2 heterocycles. The Labute approximate surface area is 170 Å². The summed E-state index contributed by atoms with van der Waals surface area (Å²) in [5, 5.41) is 16.5. The van der Waals surface area contributed by atoms with Gasteiger partial charge in [0.1, 0.15) is 12.4 Å². The Hall–Kier alpha value is -2.84. The van der Waals surface area contributed by atoms with Crippen LogP contribution in [0.5, 0.6) is 5.75 Å². The molecule has 0 saturated carbocycles. The number of rotatable bonds is 7. The van der Waals surface area contributed by atoms with E-state index in [1.807, 2.05) is 55.5 Å². The number of aromatic amines is 1. The first-order valence-corrected chi connectivity index (χ1v) is 9.84. The molecule has 4 rings (SSSR count). The number of nitrogens with zero attached hydrogens (tertiary/aromatic N) is 4. The van der Waals surface area contributed by atoms with E-state index >= 15 is 0 Å². The molecule has 0 amide bonds. The summed E-state index contributed by atoms with van der Waals surface area (Å²) < 4.78 is 11.4. The second kappa shape index (κ2) is 8.45. The quantitative estimate of drug-likeness (QED) is 0.439. The Morgan fingerprint density at radius 2 is 2.00 bits per heavy atom. The highest BCUT2D eigenvalue weighted by Gasteiger charge is 2.11. The van der Waals surface area contributed by atoms with Crippen molar-refractivity contribution in [3.05, 3.63) is 70.8 Å². The van der Waals surface area contributed by atoms with E-state index < -0.39 is 0 Å². The fourth-order valence-corrected chi connectivity index (χ4v) is 3.17. The van der Waals surface area contributed by atoms with Gasteiger partial charge in [-0.15, -0.1) is 15.3 Å². The minimum atomic E-state index is 0.285. The number of aromatic nitrogens is 5. The van der Waals surface area contributed by atoms with Gasteiger partial charge in [0.2, 0.25) is 16.9 Å². The van der Waals surface area contributed by atoms with Crippen molar-refractivity contribution in [3.63, 3.8) is 0 Å². The van der Waals surface area contributed by atoms with E-state index in [9.17, 15) is 0 Å². The number of aryl methyl sites for hydroxylation is 1. The van der Waals surface area contributed by atoms with Gasteiger partial charge in [0, 0.05) is 10.6 Å². The van der Waals surface area contributed by atoms with Crippen LogP contribution in [0.15, 0.2) is 58.1 Å². The molecule has 0 atom stereocenters. The number of H-pyrrole nitrogens is 1. The van der Waals surface area contributed by atoms with Crippen molar-refractivity contribution in [3.8, 4) is 17.2 Å². The molecule has 2 aromatic carbocycles. The molecule has 0 aliphatic rings. The highest BCUT2D eigenvalue weighted by molar-refractivity contribution is 7.98. The molecule has 4 aromatic rings. The number of ether oxygens (including phenoxy) is 1. The van der Waals surface area contributed by atoms with E-state index in [0.29, 0.717) is 33.5 Å². The summed E-state index contributed by atoms with van der Waals surface area (Å²) in [5.74, 6) is 2.85. The number of hydrogen-bond donors (Lipinski definition) is 1. The van der Waals surface area contributed by atoms with Crippen LogP contribution in [-0.2, 0) is 12.4 Å². The first-order chi connectivity index (χ1) is 13.7. The largest absolute Gasteiger partial charge is 0.486 e. The molecule has 0 saturated heterocycles. The van der Waals surface area contributed by atoms with Gasteiger partial charge < -0.3 is 9.15 Å². The minimum absolute atomic E-state index is 0.285. The summed E-state index contributed by atoms with van der Waals surface area (Å²) in [5.41, 5.74) is 1.85. The lowest BCUT2D eigenvalue weighted by atomic mass is 10.2. The van der Waals surface area contributed by atoms with Crippen LogP contribution in [0.25, 0.3) is 11.5 Å². The predicted octanol–water partition coefficient (Wildman–Crippen LogP) is 4.69. The molecule has 0 aliphatic heterocycles. The third-order valence-corrected chi connectivity index (χ3v) is 5.08. The lowest BCUT2D eigenvalue weighted by Crippen LogP contribution is -1.98. The maximum atomic E-state index is 6.02. The number of hydrogen-bond acceptors (Lipinski definition) is 7. The number of benzene rings is 2. The van der Waals surface area contributed by atoms with Crippen molar-refractivity contribution in [1.29, 1.82) is 0 Å². The maximum Gasteiger partial charge on any atom is 0.247 e. The van der Waals surface area contributed by atoms with Gasteiger partial charge in [0.05, 0.1) is 5.75 Å². The monoisotopic (exact) mass is 413 g/mol. The smallest absolute Gasteiger partial charge is 0.247 e. The Kier molecular flexibility index (Phi) is 5.59. The molecule has 0 aliphatic carbocycles. The Bertz CT molecular complexity index is 1070. The molecule has 28 heavy (non-hydrogen) atoms. The third kappa shape index (κ3) is 4.52. The SMILES string of the molecule is Cc1cc(OCc2nc(SCc3nnc(-c4ccccc4)o3)n[nH]2)ccc1Cl. The molecular formula is C19H16ClN5O2S. The molecule has 2 aromatic heterocycles. The van der Waals surface area contributed by atoms with Gasteiger partial charge in [-0.25, -0.2) is 4.98 Å². The van der Waals surface area contributed by atoms with Crippen molar-refractivity contribution >= 4 is 23.4 Å². The van der Waals surface area contributed by atoms with Crippen molar-refractivity contribution in [1.82, 2.24) is 25.4 Å². The van der Waals surface area contributed by atoms with Crippen LogP contribution in [-0.4, -0.2) is 25.4 Å².